The van der Waals surface area contributed by atoms with Crippen molar-refractivity contribution in [3.8, 4) is 0 Å². The quantitative estimate of drug-likeness (QED) is 0.787. The van der Waals surface area contributed by atoms with Gasteiger partial charge in [-0.05, 0) is 25.5 Å². The molecule has 0 spiro atoms. The Morgan fingerprint density at radius 2 is 2.12 bits per heavy atom. The molecule has 2 aliphatic rings. The second-order valence-electron chi connectivity index (χ2n) is 6.15. The van der Waals surface area contributed by atoms with Gasteiger partial charge in [-0.15, -0.1) is 0 Å². The van der Waals surface area contributed by atoms with Gasteiger partial charge >= 0.3 is 0 Å². The lowest BCUT2D eigenvalue weighted by Gasteiger charge is -2.29. The number of pyridine rings is 1. The number of carbonyl (C=O) groups is 1. The summed E-state index contributed by atoms with van der Waals surface area (Å²) in [5.41, 5.74) is 0.498. The zero-order valence-electron chi connectivity index (χ0n) is 13.8. The van der Waals surface area contributed by atoms with E-state index in [4.69, 9.17) is 4.74 Å². The van der Waals surface area contributed by atoms with E-state index in [9.17, 15) is 13.2 Å². The van der Waals surface area contributed by atoms with Gasteiger partial charge in [0.15, 0.2) is 9.84 Å². The molecule has 2 aliphatic heterocycles. The number of rotatable bonds is 4. The molecule has 0 aliphatic carbocycles. The zero-order valence-corrected chi connectivity index (χ0v) is 14.7. The third-order valence-electron chi connectivity index (χ3n) is 4.58. The number of ether oxygens (including phenoxy) is 1. The van der Waals surface area contributed by atoms with Gasteiger partial charge in [0, 0.05) is 31.9 Å². The molecule has 2 fully saturated rings. The molecule has 8 heteroatoms. The molecule has 132 valence electrons. The summed E-state index contributed by atoms with van der Waals surface area (Å²) in [4.78, 5) is 20.9. The number of sulfone groups is 1. The lowest BCUT2D eigenvalue weighted by atomic mass is 10.1. The van der Waals surface area contributed by atoms with Crippen LogP contribution >= 0.6 is 0 Å². The highest BCUT2D eigenvalue weighted by molar-refractivity contribution is 7.91. The normalized spacial score (nSPS) is 23.2. The number of amides is 1. The number of hydrogen-bond acceptors (Lipinski definition) is 6. The summed E-state index contributed by atoms with van der Waals surface area (Å²) in [5.74, 6) is 0.906. The molecule has 0 radical (unpaired) electrons. The van der Waals surface area contributed by atoms with Crippen LogP contribution in [0.15, 0.2) is 18.3 Å². The van der Waals surface area contributed by atoms with Crippen LogP contribution in [0.3, 0.4) is 0 Å². The predicted molar refractivity (Wildman–Crippen MR) is 91.0 cm³/mol. The summed E-state index contributed by atoms with van der Waals surface area (Å²) < 4.78 is 28.7. The molecule has 1 unspecified atom stereocenters. The Hall–Kier alpha value is -1.67. The standard InChI is InChI=1S/C16H23N3O4S/c1-2-19(14-5-10-24(21,22)12-14)16(20)13-3-4-15(17-11-13)18-6-8-23-9-7-18/h3-4,11,14H,2,5-10,12H2,1H3. The molecule has 7 nitrogen and oxygen atoms in total. The Labute approximate surface area is 142 Å². The largest absolute Gasteiger partial charge is 0.378 e. The minimum absolute atomic E-state index is 0.0614. The third-order valence-corrected chi connectivity index (χ3v) is 6.33. The van der Waals surface area contributed by atoms with Crippen LogP contribution in [0.5, 0.6) is 0 Å². The lowest BCUT2D eigenvalue weighted by Crippen LogP contribution is -2.41. The van der Waals surface area contributed by atoms with Crippen molar-refractivity contribution < 1.29 is 17.9 Å². The fraction of sp³-hybridized carbons (Fsp3) is 0.625. The SMILES string of the molecule is CCN(C(=O)c1ccc(N2CCOCC2)nc1)C1CCS(=O)(=O)C1. The molecule has 3 rings (SSSR count). The van der Waals surface area contributed by atoms with E-state index in [1.54, 1.807) is 17.2 Å². The maximum atomic E-state index is 12.7. The van der Waals surface area contributed by atoms with Gasteiger partial charge in [0.2, 0.25) is 0 Å². The van der Waals surface area contributed by atoms with Gasteiger partial charge in [-0.25, -0.2) is 13.4 Å². The van der Waals surface area contributed by atoms with Crippen molar-refractivity contribution in [2.75, 3.05) is 49.3 Å². The summed E-state index contributed by atoms with van der Waals surface area (Å²) in [6.45, 7) is 5.31. The van der Waals surface area contributed by atoms with Gasteiger partial charge in [-0.3, -0.25) is 4.79 Å². The van der Waals surface area contributed by atoms with Crippen LogP contribution in [0.4, 0.5) is 5.82 Å². The van der Waals surface area contributed by atoms with E-state index in [1.165, 1.54) is 0 Å². The number of nitrogens with zero attached hydrogens (tertiary/aromatic N) is 3. The van der Waals surface area contributed by atoms with Crippen LogP contribution in [0.25, 0.3) is 0 Å². The van der Waals surface area contributed by atoms with Crippen LogP contribution < -0.4 is 4.90 Å². The second-order valence-corrected chi connectivity index (χ2v) is 8.38. The number of hydrogen-bond donors (Lipinski definition) is 0. The maximum absolute atomic E-state index is 12.7. The minimum Gasteiger partial charge on any atom is -0.378 e. The zero-order chi connectivity index (χ0) is 17.2. The van der Waals surface area contributed by atoms with Gasteiger partial charge in [0.05, 0.1) is 30.3 Å². The first-order valence-electron chi connectivity index (χ1n) is 8.30. The van der Waals surface area contributed by atoms with Crippen molar-refractivity contribution in [3.63, 3.8) is 0 Å². The minimum atomic E-state index is -3.02. The average Bonchev–Trinajstić information content (AvgIpc) is 2.96. The summed E-state index contributed by atoms with van der Waals surface area (Å²) >= 11 is 0. The summed E-state index contributed by atoms with van der Waals surface area (Å²) in [5, 5.41) is 0. The molecule has 2 saturated heterocycles. The van der Waals surface area contributed by atoms with E-state index >= 15 is 0 Å². The Balaban J connectivity index is 1.71. The molecule has 0 aromatic carbocycles. The first-order valence-corrected chi connectivity index (χ1v) is 10.1. The highest BCUT2D eigenvalue weighted by Gasteiger charge is 2.34. The summed E-state index contributed by atoms with van der Waals surface area (Å²) in [6.07, 6.45) is 2.10. The number of aromatic nitrogens is 1. The smallest absolute Gasteiger partial charge is 0.255 e. The molecule has 1 amide bonds. The maximum Gasteiger partial charge on any atom is 0.255 e. The number of carbonyl (C=O) groups excluding carboxylic acids is 1. The molecule has 0 saturated carbocycles. The van der Waals surface area contributed by atoms with Crippen LogP contribution in [-0.4, -0.2) is 74.6 Å². The molecule has 0 N–H and O–H groups in total. The second kappa shape index (κ2) is 7.06. The van der Waals surface area contributed by atoms with Crippen molar-refractivity contribution in [2.24, 2.45) is 0 Å². The molecule has 3 heterocycles. The van der Waals surface area contributed by atoms with Gasteiger partial charge in [0.1, 0.15) is 5.82 Å². The fourth-order valence-electron chi connectivity index (χ4n) is 3.25. The van der Waals surface area contributed by atoms with Crippen LogP contribution in [0.2, 0.25) is 0 Å². The number of morpholine rings is 1. The van der Waals surface area contributed by atoms with Crippen LogP contribution in [-0.2, 0) is 14.6 Å². The Morgan fingerprint density at radius 1 is 1.38 bits per heavy atom. The van der Waals surface area contributed by atoms with Crippen molar-refractivity contribution >= 4 is 21.6 Å². The fourth-order valence-corrected chi connectivity index (χ4v) is 4.98. The van der Waals surface area contributed by atoms with E-state index in [1.807, 2.05) is 13.0 Å². The predicted octanol–water partition coefficient (Wildman–Crippen LogP) is 0.567. The Kier molecular flexibility index (Phi) is 5.05. The summed E-state index contributed by atoms with van der Waals surface area (Å²) in [7, 11) is -3.02. The van der Waals surface area contributed by atoms with Crippen molar-refractivity contribution in [1.82, 2.24) is 9.88 Å². The Morgan fingerprint density at radius 3 is 2.67 bits per heavy atom. The van der Waals surface area contributed by atoms with E-state index in [-0.39, 0.29) is 23.5 Å². The van der Waals surface area contributed by atoms with E-state index < -0.39 is 9.84 Å². The molecule has 1 atom stereocenters. The third kappa shape index (κ3) is 3.70. The van der Waals surface area contributed by atoms with Crippen molar-refractivity contribution in [1.29, 1.82) is 0 Å². The molecule has 1 aromatic rings. The number of anilines is 1. The topological polar surface area (TPSA) is 79.8 Å². The highest BCUT2D eigenvalue weighted by Crippen LogP contribution is 2.20. The first-order chi connectivity index (χ1) is 11.5. The lowest BCUT2D eigenvalue weighted by molar-refractivity contribution is 0.0708. The van der Waals surface area contributed by atoms with Gasteiger partial charge in [-0.2, -0.15) is 0 Å². The molecule has 24 heavy (non-hydrogen) atoms. The molecular formula is C16H23N3O4S. The van der Waals surface area contributed by atoms with E-state index in [0.717, 1.165) is 18.9 Å². The molecule has 1 aromatic heterocycles. The van der Waals surface area contributed by atoms with Gasteiger partial charge in [0.25, 0.3) is 5.91 Å². The average molecular weight is 353 g/mol. The van der Waals surface area contributed by atoms with Crippen LogP contribution in [0, 0.1) is 0 Å². The monoisotopic (exact) mass is 353 g/mol. The van der Waals surface area contributed by atoms with E-state index in [2.05, 4.69) is 9.88 Å². The molecule has 0 bridgehead atoms. The van der Waals surface area contributed by atoms with Gasteiger partial charge < -0.3 is 14.5 Å². The van der Waals surface area contributed by atoms with Crippen molar-refractivity contribution in [3.05, 3.63) is 23.9 Å². The van der Waals surface area contributed by atoms with Crippen molar-refractivity contribution in [2.45, 2.75) is 19.4 Å². The highest BCUT2D eigenvalue weighted by atomic mass is 32.2. The first kappa shape index (κ1) is 17.2. The molecular weight excluding hydrogens is 330 g/mol. The van der Waals surface area contributed by atoms with Gasteiger partial charge in [-0.1, -0.05) is 0 Å². The van der Waals surface area contributed by atoms with Crippen LogP contribution in [0.1, 0.15) is 23.7 Å². The van der Waals surface area contributed by atoms with E-state index in [0.29, 0.717) is 31.7 Å². The summed E-state index contributed by atoms with van der Waals surface area (Å²) in [6, 6.07) is 3.38. The Bertz CT molecular complexity index is 684.